The van der Waals surface area contributed by atoms with E-state index < -0.39 is 12.0 Å². The zero-order valence-electron chi connectivity index (χ0n) is 12.4. The number of benzene rings is 1. The predicted octanol–water partition coefficient (Wildman–Crippen LogP) is 1.64. The molecule has 2 rings (SSSR count). The van der Waals surface area contributed by atoms with Gasteiger partial charge in [-0.1, -0.05) is 6.07 Å². The minimum atomic E-state index is -0.968. The van der Waals surface area contributed by atoms with Crippen molar-refractivity contribution >= 4 is 12.0 Å². The molecule has 120 valence electrons. The summed E-state index contributed by atoms with van der Waals surface area (Å²) < 4.78 is 5.02. The largest absolute Gasteiger partial charge is 0.465 e. The van der Waals surface area contributed by atoms with Gasteiger partial charge in [-0.25, -0.2) is 10.3 Å². The predicted molar refractivity (Wildman–Crippen MR) is 77.9 cm³/mol. The Hall–Kier alpha value is -2.12. The Labute approximate surface area is 128 Å². The van der Waals surface area contributed by atoms with E-state index in [1.165, 1.54) is 4.90 Å². The molecule has 7 nitrogen and oxygen atoms in total. The Morgan fingerprint density at radius 2 is 2.18 bits per heavy atom. The Kier molecular flexibility index (Phi) is 5.35. The maximum Gasteiger partial charge on any atom is 0.407 e. The van der Waals surface area contributed by atoms with E-state index in [9.17, 15) is 14.7 Å². The van der Waals surface area contributed by atoms with Crippen molar-refractivity contribution in [3.8, 4) is 0 Å². The Morgan fingerprint density at radius 3 is 2.82 bits per heavy atom. The second-order valence-electron chi connectivity index (χ2n) is 5.33. The van der Waals surface area contributed by atoms with Crippen LogP contribution >= 0.6 is 0 Å². The molecule has 2 amide bonds. The van der Waals surface area contributed by atoms with E-state index in [0.29, 0.717) is 18.6 Å². The molecule has 0 saturated carbocycles. The summed E-state index contributed by atoms with van der Waals surface area (Å²) >= 11 is 0. The fourth-order valence-corrected chi connectivity index (χ4v) is 2.80. The van der Waals surface area contributed by atoms with Gasteiger partial charge in [0.2, 0.25) is 0 Å². The lowest BCUT2D eigenvalue weighted by Gasteiger charge is -2.35. The highest BCUT2D eigenvalue weighted by molar-refractivity contribution is 5.93. The first-order valence-electron chi connectivity index (χ1n) is 7.11. The van der Waals surface area contributed by atoms with Crippen LogP contribution in [0.4, 0.5) is 4.79 Å². The minimum absolute atomic E-state index is 0.0855. The molecule has 0 aliphatic carbocycles. The summed E-state index contributed by atoms with van der Waals surface area (Å²) in [6, 6.07) is 5.00. The van der Waals surface area contributed by atoms with Crippen molar-refractivity contribution in [3.63, 3.8) is 0 Å². The van der Waals surface area contributed by atoms with Crippen molar-refractivity contribution in [2.24, 2.45) is 0 Å². The van der Waals surface area contributed by atoms with Gasteiger partial charge in [0.25, 0.3) is 5.91 Å². The number of hydrogen-bond donors (Lipinski definition) is 3. The van der Waals surface area contributed by atoms with Gasteiger partial charge in [0.15, 0.2) is 0 Å². The highest BCUT2D eigenvalue weighted by atomic mass is 16.5. The lowest BCUT2D eigenvalue weighted by atomic mass is 9.90. The molecule has 1 heterocycles. The van der Waals surface area contributed by atoms with Crippen LogP contribution in [0.25, 0.3) is 0 Å². The summed E-state index contributed by atoms with van der Waals surface area (Å²) in [5, 5.41) is 18.1. The lowest BCUT2D eigenvalue weighted by molar-refractivity contribution is 0.0706. The molecule has 22 heavy (non-hydrogen) atoms. The molecule has 0 aromatic heterocycles. The zero-order chi connectivity index (χ0) is 16.1. The van der Waals surface area contributed by atoms with Gasteiger partial charge in [-0.15, -0.1) is 0 Å². The highest BCUT2D eigenvalue weighted by Crippen LogP contribution is 2.27. The standard InChI is InChI=1S/C15H20N2O5/c1-22-6-2-3-13-8-10-4-5-11(14(18)16-21)7-12(10)9-17(13)15(19)20/h4-5,7,13,21H,2-3,6,8-9H2,1H3,(H,16,18)(H,19,20). The van der Waals surface area contributed by atoms with E-state index in [2.05, 4.69) is 0 Å². The van der Waals surface area contributed by atoms with Gasteiger partial charge in [-0.3, -0.25) is 10.0 Å². The van der Waals surface area contributed by atoms with Crippen LogP contribution in [0.1, 0.15) is 34.3 Å². The van der Waals surface area contributed by atoms with Crippen LogP contribution in [0.5, 0.6) is 0 Å². The number of carbonyl (C=O) groups excluding carboxylic acids is 1. The molecule has 0 radical (unpaired) electrons. The Balaban J connectivity index is 2.20. The number of amides is 2. The lowest BCUT2D eigenvalue weighted by Crippen LogP contribution is -2.43. The third-order valence-corrected chi connectivity index (χ3v) is 3.94. The fourth-order valence-electron chi connectivity index (χ4n) is 2.80. The van der Waals surface area contributed by atoms with Crippen LogP contribution in [-0.2, 0) is 17.7 Å². The quantitative estimate of drug-likeness (QED) is 0.436. The number of hydrogen-bond acceptors (Lipinski definition) is 4. The smallest absolute Gasteiger partial charge is 0.407 e. The number of rotatable bonds is 5. The van der Waals surface area contributed by atoms with Crippen LogP contribution in [0, 0.1) is 0 Å². The third-order valence-electron chi connectivity index (χ3n) is 3.94. The van der Waals surface area contributed by atoms with Gasteiger partial charge < -0.3 is 14.7 Å². The number of carbonyl (C=O) groups is 2. The van der Waals surface area contributed by atoms with E-state index in [0.717, 1.165) is 24.0 Å². The molecule has 0 saturated heterocycles. The average Bonchev–Trinajstić information content (AvgIpc) is 2.53. The summed E-state index contributed by atoms with van der Waals surface area (Å²) in [5.74, 6) is -0.605. The van der Waals surface area contributed by atoms with Crippen molar-refractivity contribution in [2.75, 3.05) is 13.7 Å². The van der Waals surface area contributed by atoms with Crippen LogP contribution in [0.3, 0.4) is 0 Å². The zero-order valence-corrected chi connectivity index (χ0v) is 12.4. The molecule has 0 spiro atoms. The van der Waals surface area contributed by atoms with E-state index in [4.69, 9.17) is 9.94 Å². The topological polar surface area (TPSA) is 99.1 Å². The van der Waals surface area contributed by atoms with E-state index >= 15 is 0 Å². The van der Waals surface area contributed by atoms with Gasteiger partial charge in [-0.2, -0.15) is 0 Å². The summed E-state index contributed by atoms with van der Waals surface area (Å²) in [5.41, 5.74) is 3.73. The molecular formula is C15H20N2O5. The molecule has 1 aromatic carbocycles. The number of nitrogens with zero attached hydrogens (tertiary/aromatic N) is 1. The second kappa shape index (κ2) is 7.24. The monoisotopic (exact) mass is 308 g/mol. The average molecular weight is 308 g/mol. The summed E-state index contributed by atoms with van der Waals surface area (Å²) in [6.07, 6.45) is 1.18. The van der Waals surface area contributed by atoms with Gasteiger partial charge in [0, 0.05) is 31.9 Å². The van der Waals surface area contributed by atoms with Crippen molar-refractivity contribution < 1.29 is 24.6 Å². The van der Waals surface area contributed by atoms with E-state index in [1.807, 2.05) is 6.07 Å². The number of hydroxylamine groups is 1. The Bertz CT molecular complexity index is 561. The molecule has 1 aliphatic heterocycles. The molecule has 1 aliphatic rings. The number of methoxy groups -OCH3 is 1. The van der Waals surface area contributed by atoms with Crippen molar-refractivity contribution in [1.82, 2.24) is 10.4 Å². The molecule has 7 heteroatoms. The molecule has 0 bridgehead atoms. The first-order chi connectivity index (χ1) is 10.6. The fraction of sp³-hybridized carbons (Fsp3) is 0.467. The third kappa shape index (κ3) is 3.55. The number of ether oxygens (including phenoxy) is 1. The molecule has 3 N–H and O–H groups in total. The maximum absolute atomic E-state index is 11.5. The van der Waals surface area contributed by atoms with Crippen LogP contribution in [0.15, 0.2) is 18.2 Å². The van der Waals surface area contributed by atoms with Crippen LogP contribution in [0.2, 0.25) is 0 Å². The number of carboxylic acid groups (broad SMARTS) is 1. The Morgan fingerprint density at radius 1 is 1.41 bits per heavy atom. The normalized spacial score (nSPS) is 17.0. The highest BCUT2D eigenvalue weighted by Gasteiger charge is 2.29. The van der Waals surface area contributed by atoms with E-state index in [-0.39, 0.29) is 12.6 Å². The molecule has 0 fully saturated rings. The maximum atomic E-state index is 11.5. The number of nitrogens with one attached hydrogen (secondary N) is 1. The summed E-state index contributed by atoms with van der Waals surface area (Å²) in [4.78, 5) is 24.3. The first-order valence-corrected chi connectivity index (χ1v) is 7.11. The SMILES string of the molecule is COCCCC1Cc2ccc(C(=O)NO)cc2CN1C(=O)O. The minimum Gasteiger partial charge on any atom is -0.465 e. The summed E-state index contributed by atoms with van der Waals surface area (Å²) in [7, 11) is 1.62. The molecular weight excluding hydrogens is 288 g/mol. The van der Waals surface area contributed by atoms with Gasteiger partial charge in [0.05, 0.1) is 0 Å². The summed E-state index contributed by atoms with van der Waals surface area (Å²) in [6.45, 7) is 0.849. The van der Waals surface area contributed by atoms with Gasteiger partial charge >= 0.3 is 6.09 Å². The molecule has 1 aromatic rings. The van der Waals surface area contributed by atoms with Crippen molar-refractivity contribution in [3.05, 3.63) is 34.9 Å². The van der Waals surface area contributed by atoms with Crippen molar-refractivity contribution in [2.45, 2.75) is 31.8 Å². The van der Waals surface area contributed by atoms with Gasteiger partial charge in [0.1, 0.15) is 0 Å². The second-order valence-corrected chi connectivity index (χ2v) is 5.33. The van der Waals surface area contributed by atoms with Crippen LogP contribution in [-0.4, -0.2) is 47.0 Å². The van der Waals surface area contributed by atoms with E-state index in [1.54, 1.807) is 24.7 Å². The first kappa shape index (κ1) is 16.3. The van der Waals surface area contributed by atoms with Gasteiger partial charge in [-0.05, 0) is 42.5 Å². The molecule has 1 atom stereocenters. The van der Waals surface area contributed by atoms with Crippen molar-refractivity contribution in [1.29, 1.82) is 0 Å². The molecule has 1 unspecified atom stereocenters. The number of fused-ring (bicyclic) bond motifs is 1. The van der Waals surface area contributed by atoms with Crippen LogP contribution < -0.4 is 5.48 Å².